The van der Waals surface area contributed by atoms with Crippen LogP contribution in [0.15, 0.2) is 54.9 Å². The first-order valence-electron chi connectivity index (χ1n) is 9.29. The summed E-state index contributed by atoms with van der Waals surface area (Å²) in [6.07, 6.45) is 4.89. The molecule has 1 atom stereocenters. The topological polar surface area (TPSA) is 140 Å². The fourth-order valence-electron chi connectivity index (χ4n) is 2.76. The zero-order valence-electron chi connectivity index (χ0n) is 16.1. The van der Waals surface area contributed by atoms with Gasteiger partial charge in [0.05, 0.1) is 11.6 Å². The number of nitrogens with zero attached hydrogens (tertiary/aromatic N) is 3. The normalized spacial score (nSPS) is 12.4. The fraction of sp³-hybridized carbons (Fsp3) is 0.263. The van der Waals surface area contributed by atoms with E-state index in [0.29, 0.717) is 29.8 Å². The molecular weight excluding hydrogens is 424 g/mol. The summed E-state index contributed by atoms with van der Waals surface area (Å²) < 4.78 is 24.2. The quantitative estimate of drug-likeness (QED) is 0.407. The molecule has 4 N–H and O–H groups in total. The molecule has 0 spiro atoms. The van der Waals surface area contributed by atoms with Crippen LogP contribution in [0.3, 0.4) is 0 Å². The number of hydrogen-bond acceptors (Lipinski definition) is 7. The number of pyridine rings is 1. The molecule has 0 saturated heterocycles. The molecule has 158 valence electrons. The summed E-state index contributed by atoms with van der Waals surface area (Å²) in [6, 6.07) is 12.7. The van der Waals surface area contributed by atoms with E-state index in [9.17, 15) is 13.2 Å². The summed E-state index contributed by atoms with van der Waals surface area (Å²) in [7, 11) is -3.71. The minimum Gasteiger partial charge on any atom is -0.343 e. The van der Waals surface area contributed by atoms with Crippen LogP contribution in [0.2, 0.25) is 0 Å². The number of aromatic nitrogens is 3. The summed E-state index contributed by atoms with van der Waals surface area (Å²) in [4.78, 5) is 16.6. The number of nitrogens with one attached hydrogen (secondary N) is 2. The molecule has 0 bridgehead atoms. The third-order valence-electron chi connectivity index (χ3n) is 4.21. The van der Waals surface area contributed by atoms with Gasteiger partial charge in [-0.15, -0.1) is 10.2 Å². The molecular formula is C19H22N6O3S2. The summed E-state index contributed by atoms with van der Waals surface area (Å²) in [5.41, 5.74) is 1.40. The van der Waals surface area contributed by atoms with Gasteiger partial charge in [0, 0.05) is 24.5 Å². The highest BCUT2D eigenvalue weighted by molar-refractivity contribution is 7.87. The van der Waals surface area contributed by atoms with E-state index < -0.39 is 10.2 Å². The van der Waals surface area contributed by atoms with Crippen molar-refractivity contribution in [1.29, 1.82) is 0 Å². The van der Waals surface area contributed by atoms with E-state index in [4.69, 9.17) is 5.14 Å². The summed E-state index contributed by atoms with van der Waals surface area (Å²) in [5.74, 6) is -0.257. The van der Waals surface area contributed by atoms with E-state index in [1.807, 2.05) is 30.3 Å². The van der Waals surface area contributed by atoms with Gasteiger partial charge in [-0.25, -0.2) is 9.86 Å². The first kappa shape index (κ1) is 22.0. The largest absolute Gasteiger partial charge is 0.343 e. The van der Waals surface area contributed by atoms with Gasteiger partial charge in [-0.3, -0.25) is 9.78 Å². The molecule has 2 heterocycles. The summed E-state index contributed by atoms with van der Waals surface area (Å²) in [5, 5.41) is 17.9. The van der Waals surface area contributed by atoms with Crippen molar-refractivity contribution < 1.29 is 13.2 Å². The minimum absolute atomic E-state index is 0.230. The smallest absolute Gasteiger partial charge is 0.274 e. The summed E-state index contributed by atoms with van der Waals surface area (Å²) >= 11 is 1.42. The Morgan fingerprint density at radius 1 is 1.10 bits per heavy atom. The molecule has 0 fully saturated rings. The lowest BCUT2D eigenvalue weighted by Crippen LogP contribution is -2.32. The van der Waals surface area contributed by atoms with Crippen LogP contribution in [0.4, 0.5) is 0 Å². The van der Waals surface area contributed by atoms with Gasteiger partial charge in [0.1, 0.15) is 10.0 Å². The van der Waals surface area contributed by atoms with Crippen LogP contribution >= 0.6 is 11.3 Å². The van der Waals surface area contributed by atoms with Crippen molar-refractivity contribution in [3.63, 3.8) is 0 Å². The van der Waals surface area contributed by atoms with Gasteiger partial charge in [-0.2, -0.15) is 8.42 Å². The molecule has 11 heteroatoms. The Kier molecular flexibility index (Phi) is 7.57. The first-order chi connectivity index (χ1) is 14.4. The average Bonchev–Trinajstić information content (AvgIpc) is 3.23. The Morgan fingerprint density at radius 3 is 2.60 bits per heavy atom. The minimum atomic E-state index is -3.71. The zero-order chi connectivity index (χ0) is 21.4. The maximum absolute atomic E-state index is 12.6. The van der Waals surface area contributed by atoms with Crippen molar-refractivity contribution in [2.45, 2.75) is 25.3 Å². The maximum Gasteiger partial charge on any atom is 0.274 e. The van der Waals surface area contributed by atoms with E-state index in [-0.39, 0.29) is 18.5 Å². The van der Waals surface area contributed by atoms with Crippen LogP contribution in [0.1, 0.15) is 40.7 Å². The van der Waals surface area contributed by atoms with E-state index in [0.717, 1.165) is 10.6 Å². The highest BCUT2D eigenvalue weighted by Crippen LogP contribution is 2.29. The number of unbranched alkanes of at least 4 members (excludes halogenated alkanes) is 1. The van der Waals surface area contributed by atoms with E-state index >= 15 is 0 Å². The van der Waals surface area contributed by atoms with Crippen molar-refractivity contribution in [2.75, 3.05) is 6.54 Å². The number of rotatable bonds is 10. The standard InChI is InChI=1S/C19H22N6O3S2/c20-30(27,28)22-12-5-4-10-16(23-17(26)15-9-6-11-21-13-15)19-25-24-18(29-19)14-7-2-1-3-8-14/h1-3,6-9,11,13,16,22H,4-5,10,12H2,(H,23,26)(H2,20,27,28)/t16-/m0/s1. The zero-order valence-corrected chi connectivity index (χ0v) is 17.7. The molecule has 0 aliphatic rings. The van der Waals surface area contributed by atoms with Gasteiger partial charge in [-0.1, -0.05) is 41.7 Å². The first-order valence-corrected chi connectivity index (χ1v) is 11.7. The van der Waals surface area contributed by atoms with Crippen LogP contribution < -0.4 is 15.2 Å². The summed E-state index contributed by atoms with van der Waals surface area (Å²) in [6.45, 7) is 0.230. The Balaban J connectivity index is 1.70. The lowest BCUT2D eigenvalue weighted by molar-refractivity contribution is 0.0933. The molecule has 1 aromatic carbocycles. The SMILES string of the molecule is NS(=O)(=O)NCCCC[C@H](NC(=O)c1cccnc1)c1nnc(-c2ccccc2)s1. The Morgan fingerprint density at radius 2 is 1.90 bits per heavy atom. The lowest BCUT2D eigenvalue weighted by Gasteiger charge is -2.16. The second kappa shape index (κ2) is 10.3. The molecule has 0 radical (unpaired) electrons. The van der Waals surface area contributed by atoms with Gasteiger partial charge in [-0.05, 0) is 31.4 Å². The maximum atomic E-state index is 12.6. The Hall–Kier alpha value is -2.73. The number of carbonyl (C=O) groups is 1. The van der Waals surface area contributed by atoms with Gasteiger partial charge in [0.25, 0.3) is 16.1 Å². The monoisotopic (exact) mass is 446 g/mol. The molecule has 30 heavy (non-hydrogen) atoms. The van der Waals surface area contributed by atoms with Crippen LogP contribution in [0, 0.1) is 0 Å². The van der Waals surface area contributed by atoms with E-state index in [1.165, 1.54) is 17.5 Å². The van der Waals surface area contributed by atoms with Crippen molar-refractivity contribution in [2.24, 2.45) is 5.14 Å². The number of benzene rings is 1. The van der Waals surface area contributed by atoms with E-state index in [1.54, 1.807) is 18.3 Å². The number of nitrogens with two attached hydrogens (primary N) is 1. The fourth-order valence-corrected chi connectivity index (χ4v) is 4.12. The Bertz CT molecular complexity index is 1060. The molecule has 2 aromatic heterocycles. The predicted octanol–water partition coefficient (Wildman–Crippen LogP) is 2.03. The molecule has 0 aliphatic heterocycles. The number of carbonyl (C=O) groups excluding carboxylic acids is 1. The van der Waals surface area contributed by atoms with Crippen LogP contribution in [0.5, 0.6) is 0 Å². The highest BCUT2D eigenvalue weighted by Gasteiger charge is 2.20. The number of amides is 1. The molecule has 0 unspecified atom stereocenters. The molecule has 0 saturated carbocycles. The predicted molar refractivity (Wildman–Crippen MR) is 115 cm³/mol. The van der Waals surface area contributed by atoms with Crippen LogP contribution in [0.25, 0.3) is 10.6 Å². The second-order valence-corrected chi connectivity index (χ2v) is 8.90. The second-order valence-electron chi connectivity index (χ2n) is 6.51. The molecule has 9 nitrogen and oxygen atoms in total. The highest BCUT2D eigenvalue weighted by atomic mass is 32.2. The van der Waals surface area contributed by atoms with E-state index in [2.05, 4.69) is 25.2 Å². The van der Waals surface area contributed by atoms with Gasteiger partial charge >= 0.3 is 0 Å². The van der Waals surface area contributed by atoms with Crippen molar-refractivity contribution in [1.82, 2.24) is 25.2 Å². The average molecular weight is 447 g/mol. The Labute approximate surface area is 179 Å². The molecule has 0 aliphatic carbocycles. The van der Waals surface area contributed by atoms with Crippen LogP contribution in [-0.2, 0) is 10.2 Å². The molecule has 3 rings (SSSR count). The van der Waals surface area contributed by atoms with Crippen molar-refractivity contribution >= 4 is 27.5 Å². The van der Waals surface area contributed by atoms with Crippen LogP contribution in [-0.4, -0.2) is 36.1 Å². The van der Waals surface area contributed by atoms with Gasteiger partial charge in [0.2, 0.25) is 0 Å². The molecule has 1 amide bonds. The third-order valence-corrected chi connectivity index (χ3v) is 5.90. The third kappa shape index (κ3) is 6.66. The van der Waals surface area contributed by atoms with Gasteiger partial charge < -0.3 is 5.32 Å². The van der Waals surface area contributed by atoms with Gasteiger partial charge in [0.15, 0.2) is 0 Å². The lowest BCUT2D eigenvalue weighted by atomic mass is 10.1. The van der Waals surface area contributed by atoms with Crippen molar-refractivity contribution in [3.8, 4) is 10.6 Å². The number of hydrogen-bond donors (Lipinski definition) is 3. The van der Waals surface area contributed by atoms with Crippen molar-refractivity contribution in [3.05, 3.63) is 65.4 Å². The molecule has 3 aromatic rings.